The Bertz CT molecular complexity index is 627. The molecule has 1 atom stereocenters. The maximum atomic E-state index is 12.0. The third kappa shape index (κ3) is 5.01. The Kier molecular flexibility index (Phi) is 5.70. The van der Waals surface area contributed by atoms with E-state index >= 15 is 0 Å². The smallest absolute Gasteiger partial charge is 0.240 e. The van der Waals surface area contributed by atoms with Crippen LogP contribution in [-0.4, -0.2) is 26.9 Å². The van der Waals surface area contributed by atoms with Crippen LogP contribution >= 0.6 is 0 Å². The molecule has 5 N–H and O–H groups in total. The van der Waals surface area contributed by atoms with E-state index in [0.717, 1.165) is 0 Å². The van der Waals surface area contributed by atoms with Gasteiger partial charge in [-0.1, -0.05) is 11.8 Å². The molecule has 108 valence electrons. The second-order valence-corrected chi connectivity index (χ2v) is 5.94. The van der Waals surface area contributed by atoms with Gasteiger partial charge in [-0.25, -0.2) is 13.1 Å². The summed E-state index contributed by atoms with van der Waals surface area (Å²) in [6.45, 7) is 1.82. The van der Waals surface area contributed by atoms with E-state index in [0.29, 0.717) is 5.56 Å². The number of carbonyl (C=O) groups is 1. The van der Waals surface area contributed by atoms with E-state index in [2.05, 4.69) is 16.6 Å². The Morgan fingerprint density at radius 2 is 1.95 bits per heavy atom. The number of sulfonamides is 1. The Morgan fingerprint density at radius 3 is 2.45 bits per heavy atom. The van der Waals surface area contributed by atoms with Crippen molar-refractivity contribution in [1.29, 1.82) is 0 Å². The van der Waals surface area contributed by atoms with Gasteiger partial charge in [0.25, 0.3) is 0 Å². The van der Waals surface area contributed by atoms with Crippen molar-refractivity contribution in [2.75, 3.05) is 6.54 Å². The zero-order valence-corrected chi connectivity index (χ0v) is 11.9. The lowest BCUT2D eigenvalue weighted by atomic mass is 10.2. The zero-order chi connectivity index (χ0) is 15.2. The molecule has 0 aliphatic rings. The van der Waals surface area contributed by atoms with Gasteiger partial charge in [0.05, 0.1) is 11.4 Å². The van der Waals surface area contributed by atoms with Gasteiger partial charge in [0.15, 0.2) is 0 Å². The molecule has 1 unspecified atom stereocenters. The lowest BCUT2D eigenvalue weighted by molar-refractivity contribution is -0.118. The van der Waals surface area contributed by atoms with Crippen molar-refractivity contribution in [3.8, 4) is 11.8 Å². The van der Waals surface area contributed by atoms with Crippen LogP contribution in [0.1, 0.15) is 18.9 Å². The van der Waals surface area contributed by atoms with Gasteiger partial charge in [-0.2, -0.15) is 0 Å². The molecular formula is C13H17N3O3S. The summed E-state index contributed by atoms with van der Waals surface area (Å²) in [6, 6.07) is 5.51. The summed E-state index contributed by atoms with van der Waals surface area (Å²) in [5.74, 6) is 4.91. The molecule has 1 rings (SSSR count). The van der Waals surface area contributed by atoms with Crippen LogP contribution in [0.25, 0.3) is 0 Å². The minimum absolute atomic E-state index is 0.0563. The number of nitrogens with two attached hydrogens (primary N) is 2. The molecule has 0 aromatic heterocycles. The third-order valence-corrected chi connectivity index (χ3v) is 3.97. The van der Waals surface area contributed by atoms with Crippen molar-refractivity contribution in [3.05, 3.63) is 29.8 Å². The number of amides is 1. The first-order chi connectivity index (χ1) is 9.35. The molecular weight excluding hydrogens is 278 g/mol. The quantitative estimate of drug-likeness (QED) is 0.637. The molecule has 0 fully saturated rings. The summed E-state index contributed by atoms with van der Waals surface area (Å²) in [5, 5.41) is 0. The molecule has 0 spiro atoms. The highest BCUT2D eigenvalue weighted by molar-refractivity contribution is 7.89. The van der Waals surface area contributed by atoms with Crippen LogP contribution in [0.5, 0.6) is 0 Å². The van der Waals surface area contributed by atoms with Gasteiger partial charge in [-0.05, 0) is 31.2 Å². The van der Waals surface area contributed by atoms with Crippen molar-refractivity contribution >= 4 is 15.9 Å². The molecule has 0 aliphatic carbocycles. The average Bonchev–Trinajstić information content (AvgIpc) is 2.35. The minimum Gasteiger partial charge on any atom is -0.370 e. The summed E-state index contributed by atoms with van der Waals surface area (Å²) >= 11 is 0. The van der Waals surface area contributed by atoms with Crippen LogP contribution in [0.3, 0.4) is 0 Å². The predicted molar refractivity (Wildman–Crippen MR) is 76.0 cm³/mol. The van der Waals surface area contributed by atoms with Crippen LogP contribution in [-0.2, 0) is 14.8 Å². The Labute approximate surface area is 118 Å². The highest BCUT2D eigenvalue weighted by Crippen LogP contribution is 2.11. The molecule has 0 heterocycles. The number of primary amides is 1. The Hall–Kier alpha value is -1.88. The van der Waals surface area contributed by atoms with Gasteiger partial charge < -0.3 is 11.5 Å². The summed E-state index contributed by atoms with van der Waals surface area (Å²) in [6.07, 6.45) is -0.0563. The monoisotopic (exact) mass is 295 g/mol. The summed E-state index contributed by atoms with van der Waals surface area (Å²) in [7, 11) is -3.67. The van der Waals surface area contributed by atoms with Gasteiger partial charge in [0.2, 0.25) is 15.9 Å². The number of carbonyl (C=O) groups excluding carboxylic acids is 1. The average molecular weight is 295 g/mol. The number of rotatable bonds is 5. The van der Waals surface area contributed by atoms with Gasteiger partial charge in [0.1, 0.15) is 0 Å². The number of benzene rings is 1. The third-order valence-electron chi connectivity index (χ3n) is 2.36. The zero-order valence-electron chi connectivity index (χ0n) is 11.1. The lowest BCUT2D eigenvalue weighted by Gasteiger charge is -2.12. The van der Waals surface area contributed by atoms with Crippen LogP contribution in [0.15, 0.2) is 29.2 Å². The fourth-order valence-corrected chi connectivity index (χ4v) is 2.79. The molecule has 0 saturated carbocycles. The van der Waals surface area contributed by atoms with E-state index in [1.807, 2.05) is 0 Å². The van der Waals surface area contributed by atoms with E-state index in [1.54, 1.807) is 19.1 Å². The topological polar surface area (TPSA) is 115 Å². The fourth-order valence-electron chi connectivity index (χ4n) is 1.55. The highest BCUT2D eigenvalue weighted by atomic mass is 32.2. The van der Waals surface area contributed by atoms with Gasteiger partial charge >= 0.3 is 0 Å². The number of hydrogen-bond acceptors (Lipinski definition) is 4. The molecule has 7 heteroatoms. The van der Waals surface area contributed by atoms with Crippen molar-refractivity contribution < 1.29 is 13.2 Å². The Balaban J connectivity index is 2.85. The largest absolute Gasteiger partial charge is 0.370 e. The highest BCUT2D eigenvalue weighted by Gasteiger charge is 2.18. The maximum absolute atomic E-state index is 12.0. The lowest BCUT2D eigenvalue weighted by Crippen LogP contribution is -2.35. The van der Waals surface area contributed by atoms with Crippen LogP contribution in [0, 0.1) is 11.8 Å². The van der Waals surface area contributed by atoms with Gasteiger partial charge in [-0.3, -0.25) is 4.79 Å². The number of nitrogens with one attached hydrogen (secondary N) is 1. The molecule has 1 aromatic carbocycles. The first kappa shape index (κ1) is 16.2. The molecule has 0 bridgehead atoms. The predicted octanol–water partition coefficient (Wildman–Crippen LogP) is -0.461. The number of hydrogen-bond donors (Lipinski definition) is 3. The molecule has 6 nitrogen and oxygen atoms in total. The first-order valence-corrected chi connectivity index (χ1v) is 7.43. The van der Waals surface area contributed by atoms with Gasteiger partial charge in [-0.15, -0.1) is 0 Å². The van der Waals surface area contributed by atoms with Gasteiger partial charge in [0, 0.05) is 18.0 Å². The standard InChI is InChI=1S/C13H17N3O3S/c1-10(9-13(15)17)16-20(18,19)12-6-4-11(5-7-12)3-2-8-14/h4-7,10,16H,8-9,14H2,1H3,(H2,15,17). The van der Waals surface area contributed by atoms with E-state index in [-0.39, 0.29) is 17.9 Å². The SMILES string of the molecule is CC(CC(N)=O)NS(=O)(=O)c1ccc(C#CCN)cc1. The van der Waals surface area contributed by atoms with Crippen molar-refractivity contribution in [2.24, 2.45) is 11.5 Å². The summed E-state index contributed by atoms with van der Waals surface area (Å²) in [5.41, 5.74) is 11.0. The second-order valence-electron chi connectivity index (χ2n) is 4.22. The van der Waals surface area contributed by atoms with Crippen molar-refractivity contribution in [2.45, 2.75) is 24.3 Å². The molecule has 1 amide bonds. The van der Waals surface area contributed by atoms with Crippen LogP contribution in [0.4, 0.5) is 0 Å². The first-order valence-electron chi connectivity index (χ1n) is 5.95. The van der Waals surface area contributed by atoms with Crippen LogP contribution in [0.2, 0.25) is 0 Å². The normalized spacial score (nSPS) is 12.3. The minimum atomic E-state index is -3.67. The second kappa shape index (κ2) is 7.05. The summed E-state index contributed by atoms with van der Waals surface area (Å²) < 4.78 is 26.4. The molecule has 0 aliphatic heterocycles. The molecule has 0 saturated heterocycles. The summed E-state index contributed by atoms with van der Waals surface area (Å²) in [4.78, 5) is 10.8. The Morgan fingerprint density at radius 1 is 1.35 bits per heavy atom. The fraction of sp³-hybridized carbons (Fsp3) is 0.308. The molecule has 20 heavy (non-hydrogen) atoms. The van der Waals surface area contributed by atoms with E-state index < -0.39 is 22.0 Å². The van der Waals surface area contributed by atoms with E-state index in [9.17, 15) is 13.2 Å². The van der Waals surface area contributed by atoms with E-state index in [4.69, 9.17) is 11.5 Å². The molecule has 0 radical (unpaired) electrons. The van der Waals surface area contributed by atoms with E-state index in [1.165, 1.54) is 12.1 Å². The molecule has 1 aromatic rings. The van der Waals surface area contributed by atoms with Crippen molar-refractivity contribution in [3.63, 3.8) is 0 Å². The van der Waals surface area contributed by atoms with Crippen LogP contribution < -0.4 is 16.2 Å². The maximum Gasteiger partial charge on any atom is 0.240 e. The van der Waals surface area contributed by atoms with Crippen molar-refractivity contribution in [1.82, 2.24) is 4.72 Å².